The van der Waals surface area contributed by atoms with Crippen LogP contribution in [0.4, 0.5) is 0 Å². The van der Waals surface area contributed by atoms with Crippen molar-refractivity contribution in [3.05, 3.63) is 6.92 Å². The zero-order valence-corrected chi connectivity index (χ0v) is 9.97. The summed E-state index contributed by atoms with van der Waals surface area (Å²) in [6, 6.07) is 0. The molecule has 6 nitrogen and oxygen atoms in total. The Morgan fingerprint density at radius 3 is 1.92 bits per heavy atom. The van der Waals surface area contributed by atoms with Crippen LogP contribution in [0.2, 0.25) is 0 Å². The molecule has 0 unspecified atom stereocenters. The molecular formula is C4H14N3NaO3S. The third kappa shape index (κ3) is 72.0. The van der Waals surface area contributed by atoms with E-state index in [-0.39, 0.29) is 29.6 Å². The molecule has 0 amide bonds. The molecule has 0 aromatic carbocycles. The average molecular weight is 207 g/mol. The summed E-state index contributed by atoms with van der Waals surface area (Å²) in [5, 5.41) is 6.84. The molecule has 0 aromatic rings. The van der Waals surface area contributed by atoms with Gasteiger partial charge in [0, 0.05) is 13.1 Å². The van der Waals surface area contributed by atoms with Crippen LogP contribution in [0.3, 0.4) is 0 Å². The first kappa shape index (κ1) is 18.5. The molecule has 0 atom stereocenters. The van der Waals surface area contributed by atoms with Crippen LogP contribution in [0.15, 0.2) is 0 Å². The number of rotatable bonds is 3. The molecule has 12 heavy (non-hydrogen) atoms. The van der Waals surface area contributed by atoms with Crippen molar-refractivity contribution in [3.63, 3.8) is 0 Å². The summed E-state index contributed by atoms with van der Waals surface area (Å²) >= 11 is 0. The fraction of sp³-hybridized carbons (Fsp3) is 0.750. The molecule has 0 aromatic heterocycles. The summed E-state index contributed by atoms with van der Waals surface area (Å²) in [4.78, 5) is 0. The predicted molar refractivity (Wildman–Crippen MR) is 43.0 cm³/mol. The standard InChI is InChI=1S/C4H11N2.H3NO3S.Na/c1-2-6-4-3-5;1-5(2,3)4;/h6H,1-5H2;(H3,1,2,3,4);/q-1;;+1. The van der Waals surface area contributed by atoms with Crippen molar-refractivity contribution in [2.45, 2.75) is 0 Å². The van der Waals surface area contributed by atoms with Crippen LogP contribution in [0, 0.1) is 6.92 Å². The van der Waals surface area contributed by atoms with Crippen LogP contribution in [0.1, 0.15) is 0 Å². The van der Waals surface area contributed by atoms with Crippen LogP contribution in [0.25, 0.3) is 0 Å². The topological polar surface area (TPSA) is 118 Å². The van der Waals surface area contributed by atoms with E-state index in [2.05, 4.69) is 17.4 Å². The second-order valence-corrected chi connectivity index (χ2v) is 2.58. The summed E-state index contributed by atoms with van der Waals surface area (Å²) in [6.07, 6.45) is 0. The van der Waals surface area contributed by atoms with Crippen molar-refractivity contribution < 1.29 is 42.5 Å². The zero-order chi connectivity index (χ0) is 9.33. The molecule has 70 valence electrons. The van der Waals surface area contributed by atoms with Gasteiger partial charge in [-0.15, -0.1) is 6.54 Å². The van der Waals surface area contributed by atoms with E-state index < -0.39 is 10.3 Å². The van der Waals surface area contributed by atoms with E-state index >= 15 is 0 Å². The minimum Gasteiger partial charge on any atom is -0.345 e. The Morgan fingerprint density at radius 1 is 1.50 bits per heavy atom. The van der Waals surface area contributed by atoms with E-state index in [0.717, 1.165) is 13.1 Å². The van der Waals surface area contributed by atoms with E-state index in [1.807, 2.05) is 0 Å². The van der Waals surface area contributed by atoms with E-state index in [0.29, 0.717) is 6.54 Å². The summed E-state index contributed by atoms with van der Waals surface area (Å²) in [5.41, 5.74) is 5.12. The van der Waals surface area contributed by atoms with Crippen LogP contribution in [-0.2, 0) is 10.3 Å². The molecule has 0 aliphatic heterocycles. The van der Waals surface area contributed by atoms with Gasteiger partial charge < -0.3 is 18.0 Å². The van der Waals surface area contributed by atoms with E-state index in [4.69, 9.17) is 18.7 Å². The number of hydrogen-bond acceptors (Lipinski definition) is 4. The van der Waals surface area contributed by atoms with Gasteiger partial charge in [0.15, 0.2) is 0 Å². The smallest absolute Gasteiger partial charge is 0.345 e. The Labute approximate surface area is 95.2 Å². The van der Waals surface area contributed by atoms with Crippen LogP contribution in [0.5, 0.6) is 0 Å². The fourth-order valence-electron chi connectivity index (χ4n) is 0.227. The van der Waals surface area contributed by atoms with Gasteiger partial charge in [-0.1, -0.05) is 0 Å². The predicted octanol–water partition coefficient (Wildman–Crippen LogP) is -4.88. The van der Waals surface area contributed by atoms with Gasteiger partial charge in [0.2, 0.25) is 0 Å². The number of hydrogen-bond donors (Lipinski definition) is 4. The molecular weight excluding hydrogens is 193 g/mol. The minimum atomic E-state index is -4.17. The first-order chi connectivity index (χ1) is 4.91. The fourth-order valence-corrected chi connectivity index (χ4v) is 0.227. The molecule has 0 heterocycles. The molecule has 0 radical (unpaired) electrons. The van der Waals surface area contributed by atoms with Gasteiger partial charge in [0.1, 0.15) is 0 Å². The normalized spacial score (nSPS) is 9.33. The third-order valence-electron chi connectivity index (χ3n) is 0.498. The Hall–Kier alpha value is 0.790. The molecule has 0 bridgehead atoms. The molecule has 0 aliphatic carbocycles. The number of nitrogens with two attached hydrogens (primary N) is 2. The van der Waals surface area contributed by atoms with Gasteiger partial charge >= 0.3 is 39.9 Å². The summed E-state index contributed by atoms with van der Waals surface area (Å²) in [6.45, 7) is 5.91. The van der Waals surface area contributed by atoms with Gasteiger partial charge in [-0.05, 0) is 0 Å². The quantitative estimate of drug-likeness (QED) is 0.160. The van der Waals surface area contributed by atoms with Crippen LogP contribution >= 0.6 is 0 Å². The van der Waals surface area contributed by atoms with Crippen molar-refractivity contribution >= 4 is 10.3 Å². The summed E-state index contributed by atoms with van der Waals surface area (Å²) < 4.78 is 25.2. The average Bonchev–Trinajstić information content (AvgIpc) is 1.79. The van der Waals surface area contributed by atoms with Crippen molar-refractivity contribution in [1.29, 1.82) is 0 Å². The molecule has 0 rings (SSSR count). The van der Waals surface area contributed by atoms with E-state index in [1.165, 1.54) is 0 Å². The van der Waals surface area contributed by atoms with Gasteiger partial charge in [0.05, 0.1) is 0 Å². The summed E-state index contributed by atoms with van der Waals surface area (Å²) in [5.74, 6) is 0. The molecule has 0 spiro atoms. The maximum atomic E-state index is 8.97. The molecule has 0 saturated carbocycles. The summed E-state index contributed by atoms with van der Waals surface area (Å²) in [7, 11) is -4.17. The van der Waals surface area contributed by atoms with E-state index in [1.54, 1.807) is 0 Å². The Bertz CT molecular complexity index is 149. The molecule has 8 heteroatoms. The first-order valence-electron chi connectivity index (χ1n) is 2.87. The molecule has 0 saturated heterocycles. The van der Waals surface area contributed by atoms with Crippen molar-refractivity contribution in [2.24, 2.45) is 10.9 Å². The number of nitrogens with one attached hydrogen (secondary N) is 1. The third-order valence-corrected chi connectivity index (χ3v) is 0.498. The molecule has 0 aliphatic rings. The molecule has 6 N–H and O–H groups in total. The van der Waals surface area contributed by atoms with Crippen molar-refractivity contribution in [3.8, 4) is 0 Å². The van der Waals surface area contributed by atoms with Crippen LogP contribution < -0.4 is 45.7 Å². The van der Waals surface area contributed by atoms with E-state index in [9.17, 15) is 0 Å². The Kier molecular flexibility index (Phi) is 18.2. The largest absolute Gasteiger partial charge is 1.00 e. The van der Waals surface area contributed by atoms with Gasteiger partial charge in [0.25, 0.3) is 0 Å². The monoisotopic (exact) mass is 207 g/mol. The van der Waals surface area contributed by atoms with Gasteiger partial charge in [-0.3, -0.25) is 4.55 Å². The maximum Gasteiger partial charge on any atom is 1.00 e. The maximum absolute atomic E-state index is 8.97. The van der Waals surface area contributed by atoms with Gasteiger partial charge in [-0.25, -0.2) is 5.14 Å². The zero-order valence-electron chi connectivity index (χ0n) is 7.16. The second kappa shape index (κ2) is 11.8. The van der Waals surface area contributed by atoms with Crippen molar-refractivity contribution in [2.75, 3.05) is 19.6 Å². The Balaban J connectivity index is -0.000000126. The SMILES string of the molecule is NS(=O)(=O)O.[CH2-]CNCCN.[Na+]. The van der Waals surface area contributed by atoms with Crippen LogP contribution in [-0.4, -0.2) is 32.6 Å². The Morgan fingerprint density at radius 2 is 1.83 bits per heavy atom. The molecule has 0 fully saturated rings. The first-order valence-corrected chi connectivity index (χ1v) is 4.37. The second-order valence-electron chi connectivity index (χ2n) is 1.55. The van der Waals surface area contributed by atoms with Crippen molar-refractivity contribution in [1.82, 2.24) is 5.32 Å². The van der Waals surface area contributed by atoms with Gasteiger partial charge in [-0.2, -0.15) is 8.42 Å². The minimum absolute atomic E-state index is 0.